The maximum absolute atomic E-state index is 9.66. The van der Waals surface area contributed by atoms with Crippen molar-refractivity contribution in [1.29, 1.82) is 0 Å². The van der Waals surface area contributed by atoms with Crippen molar-refractivity contribution in [3.05, 3.63) is 0 Å². The molecule has 0 aromatic rings. The smallest absolute Gasteiger partial charge is 0.0707 e. The molecule has 0 radical (unpaired) electrons. The molecule has 2 N–H and O–H groups in total. The van der Waals surface area contributed by atoms with Gasteiger partial charge in [-0.05, 0) is 52.9 Å². The van der Waals surface area contributed by atoms with Gasteiger partial charge in [0.25, 0.3) is 0 Å². The Hall–Kier alpha value is -0.160. The third-order valence-corrected chi connectivity index (χ3v) is 3.77. The molecule has 1 aliphatic rings. The van der Waals surface area contributed by atoms with Crippen LogP contribution in [-0.2, 0) is 9.47 Å². The largest absolute Gasteiger partial charge is 0.394 e. The third kappa shape index (κ3) is 7.58. The van der Waals surface area contributed by atoms with Crippen LogP contribution in [-0.4, -0.2) is 48.7 Å². The van der Waals surface area contributed by atoms with Crippen LogP contribution in [0.1, 0.15) is 59.8 Å². The number of aliphatic hydroxyl groups excluding tert-OH is 1. The summed E-state index contributed by atoms with van der Waals surface area (Å²) in [4.78, 5) is 0. The van der Waals surface area contributed by atoms with Crippen LogP contribution in [0.25, 0.3) is 0 Å². The molecule has 0 aromatic carbocycles. The first-order valence-electron chi connectivity index (χ1n) is 8.01. The Bertz CT molecular complexity index is 255. The molecule has 1 saturated carbocycles. The van der Waals surface area contributed by atoms with Gasteiger partial charge in [-0.15, -0.1) is 0 Å². The SMILES string of the molecule is CCC(CO)(CCCOCCOC(C)(C)C)NC1CC1. The second-order valence-corrected chi connectivity index (χ2v) is 6.89. The summed E-state index contributed by atoms with van der Waals surface area (Å²) in [7, 11) is 0. The lowest BCUT2D eigenvalue weighted by Crippen LogP contribution is -2.49. The third-order valence-electron chi connectivity index (χ3n) is 3.77. The van der Waals surface area contributed by atoms with Crippen molar-refractivity contribution in [2.45, 2.75) is 77.0 Å². The molecule has 20 heavy (non-hydrogen) atoms. The standard InChI is InChI=1S/C16H33NO3/c1-5-16(13-18,17-14-7-8-14)9-6-10-19-11-12-20-15(2,3)4/h14,17-18H,5-13H2,1-4H3. The van der Waals surface area contributed by atoms with Gasteiger partial charge in [-0.2, -0.15) is 0 Å². The molecule has 0 saturated heterocycles. The fourth-order valence-electron chi connectivity index (χ4n) is 2.27. The molecule has 0 spiro atoms. The van der Waals surface area contributed by atoms with E-state index in [1.54, 1.807) is 0 Å². The summed E-state index contributed by atoms with van der Waals surface area (Å²) in [6.45, 7) is 10.5. The van der Waals surface area contributed by atoms with Crippen LogP contribution < -0.4 is 5.32 Å². The fourth-order valence-corrected chi connectivity index (χ4v) is 2.27. The summed E-state index contributed by atoms with van der Waals surface area (Å²) < 4.78 is 11.2. The van der Waals surface area contributed by atoms with Crippen LogP contribution in [0, 0.1) is 0 Å². The predicted octanol–water partition coefficient (Wildman–Crippen LogP) is 2.49. The first-order chi connectivity index (χ1) is 9.41. The quantitative estimate of drug-likeness (QED) is 0.573. The molecule has 1 fully saturated rings. The molecule has 4 nitrogen and oxygen atoms in total. The van der Waals surface area contributed by atoms with E-state index >= 15 is 0 Å². The van der Waals surface area contributed by atoms with Crippen molar-refractivity contribution in [2.24, 2.45) is 0 Å². The fraction of sp³-hybridized carbons (Fsp3) is 1.00. The number of hydrogen-bond donors (Lipinski definition) is 2. The number of ether oxygens (including phenoxy) is 2. The van der Waals surface area contributed by atoms with Crippen molar-refractivity contribution in [1.82, 2.24) is 5.32 Å². The van der Waals surface area contributed by atoms with Gasteiger partial charge in [0.1, 0.15) is 0 Å². The molecule has 120 valence electrons. The van der Waals surface area contributed by atoms with Gasteiger partial charge in [-0.3, -0.25) is 0 Å². The van der Waals surface area contributed by atoms with Gasteiger partial charge >= 0.3 is 0 Å². The zero-order chi connectivity index (χ0) is 15.1. The minimum Gasteiger partial charge on any atom is -0.394 e. The van der Waals surface area contributed by atoms with Crippen molar-refractivity contribution in [3.8, 4) is 0 Å². The van der Waals surface area contributed by atoms with Gasteiger partial charge in [0.2, 0.25) is 0 Å². The first-order valence-corrected chi connectivity index (χ1v) is 8.01. The van der Waals surface area contributed by atoms with Gasteiger partial charge in [0, 0.05) is 18.2 Å². The van der Waals surface area contributed by atoms with E-state index in [2.05, 4.69) is 12.2 Å². The molecular formula is C16H33NO3. The molecule has 1 aliphatic carbocycles. The van der Waals surface area contributed by atoms with Crippen LogP contribution in [0.4, 0.5) is 0 Å². The van der Waals surface area contributed by atoms with Gasteiger partial charge < -0.3 is 19.9 Å². The Balaban J connectivity index is 2.08. The zero-order valence-electron chi connectivity index (χ0n) is 13.7. The van der Waals surface area contributed by atoms with E-state index in [-0.39, 0.29) is 17.7 Å². The van der Waals surface area contributed by atoms with E-state index in [0.717, 1.165) is 25.9 Å². The van der Waals surface area contributed by atoms with E-state index in [0.29, 0.717) is 19.3 Å². The van der Waals surface area contributed by atoms with E-state index in [1.807, 2.05) is 20.8 Å². The van der Waals surface area contributed by atoms with Crippen molar-refractivity contribution < 1.29 is 14.6 Å². The van der Waals surface area contributed by atoms with Gasteiger partial charge in [-0.1, -0.05) is 6.92 Å². The number of aliphatic hydroxyl groups is 1. The maximum atomic E-state index is 9.66. The van der Waals surface area contributed by atoms with Crippen LogP contribution in [0.5, 0.6) is 0 Å². The van der Waals surface area contributed by atoms with Gasteiger partial charge in [0.05, 0.1) is 25.4 Å². The highest BCUT2D eigenvalue weighted by atomic mass is 16.5. The van der Waals surface area contributed by atoms with Gasteiger partial charge in [-0.25, -0.2) is 0 Å². The summed E-state index contributed by atoms with van der Waals surface area (Å²) >= 11 is 0. The first kappa shape index (κ1) is 17.9. The van der Waals surface area contributed by atoms with Crippen LogP contribution in [0.3, 0.4) is 0 Å². The lowest BCUT2D eigenvalue weighted by Gasteiger charge is -2.32. The second kappa shape index (κ2) is 8.32. The lowest BCUT2D eigenvalue weighted by atomic mass is 9.91. The normalized spacial score (nSPS) is 19.1. The summed E-state index contributed by atoms with van der Waals surface area (Å²) in [5, 5.41) is 13.3. The minimum atomic E-state index is -0.105. The van der Waals surface area contributed by atoms with E-state index in [9.17, 15) is 5.11 Å². The van der Waals surface area contributed by atoms with Crippen LogP contribution >= 0.6 is 0 Å². The monoisotopic (exact) mass is 287 g/mol. The summed E-state index contributed by atoms with van der Waals surface area (Å²) in [6.07, 6.45) is 5.41. The summed E-state index contributed by atoms with van der Waals surface area (Å²) in [5.41, 5.74) is -0.196. The highest BCUT2D eigenvalue weighted by Gasteiger charge is 2.33. The number of rotatable bonds is 11. The summed E-state index contributed by atoms with van der Waals surface area (Å²) in [5.74, 6) is 0. The maximum Gasteiger partial charge on any atom is 0.0707 e. The number of hydrogen-bond acceptors (Lipinski definition) is 4. The molecule has 4 heteroatoms. The molecule has 1 atom stereocenters. The molecule has 0 aromatic heterocycles. The molecule has 0 aliphatic heterocycles. The number of nitrogens with one attached hydrogen (secondary N) is 1. The molecular weight excluding hydrogens is 254 g/mol. The molecule has 1 unspecified atom stereocenters. The average molecular weight is 287 g/mol. The Morgan fingerprint density at radius 2 is 1.85 bits per heavy atom. The van der Waals surface area contributed by atoms with Crippen LogP contribution in [0.2, 0.25) is 0 Å². The highest BCUT2D eigenvalue weighted by molar-refractivity contribution is 4.94. The van der Waals surface area contributed by atoms with Crippen molar-refractivity contribution >= 4 is 0 Å². The van der Waals surface area contributed by atoms with Crippen LogP contribution in [0.15, 0.2) is 0 Å². The topological polar surface area (TPSA) is 50.7 Å². The van der Waals surface area contributed by atoms with E-state index in [1.165, 1.54) is 12.8 Å². The highest BCUT2D eigenvalue weighted by Crippen LogP contribution is 2.26. The molecule has 0 bridgehead atoms. The molecule has 1 rings (SSSR count). The van der Waals surface area contributed by atoms with Gasteiger partial charge in [0.15, 0.2) is 0 Å². The predicted molar refractivity (Wildman–Crippen MR) is 82.0 cm³/mol. The van der Waals surface area contributed by atoms with Crippen molar-refractivity contribution in [3.63, 3.8) is 0 Å². The second-order valence-electron chi connectivity index (χ2n) is 6.89. The van der Waals surface area contributed by atoms with E-state index < -0.39 is 0 Å². The minimum absolute atomic E-state index is 0.0915. The Labute approximate surface area is 124 Å². The van der Waals surface area contributed by atoms with E-state index in [4.69, 9.17) is 9.47 Å². The molecule has 0 amide bonds. The lowest BCUT2D eigenvalue weighted by molar-refractivity contribution is -0.0359. The summed E-state index contributed by atoms with van der Waals surface area (Å²) in [6, 6.07) is 0.628. The van der Waals surface area contributed by atoms with Crippen molar-refractivity contribution in [2.75, 3.05) is 26.4 Å². The Morgan fingerprint density at radius 3 is 2.35 bits per heavy atom. The Morgan fingerprint density at radius 1 is 1.15 bits per heavy atom. The molecule has 0 heterocycles. The Kier molecular flexibility index (Phi) is 7.45. The average Bonchev–Trinajstić information content (AvgIpc) is 3.19. The zero-order valence-corrected chi connectivity index (χ0v) is 13.7.